The summed E-state index contributed by atoms with van der Waals surface area (Å²) in [7, 11) is 0. The van der Waals surface area contributed by atoms with Crippen LogP contribution in [0.5, 0.6) is 0 Å². The molecule has 24 heavy (non-hydrogen) atoms. The lowest BCUT2D eigenvalue weighted by atomic mass is 10.0. The first kappa shape index (κ1) is 17.9. The van der Waals surface area contributed by atoms with Crippen LogP contribution in [0, 0.1) is 10.1 Å². The third-order valence-corrected chi connectivity index (χ3v) is 3.55. The molecule has 0 aromatic carbocycles. The molecular formula is C15H21FN4O4. The SMILES string of the molecule is CC(C)(C)OC(=O)NC1CN(c2ccncc2[N+](=O)[O-])CCC1F. The molecule has 2 heterocycles. The van der Waals surface area contributed by atoms with Gasteiger partial charge in [0.2, 0.25) is 0 Å². The van der Waals surface area contributed by atoms with Crippen LogP contribution in [0.2, 0.25) is 0 Å². The average Bonchev–Trinajstić information content (AvgIpc) is 2.47. The van der Waals surface area contributed by atoms with Crippen LogP contribution in [0.25, 0.3) is 0 Å². The van der Waals surface area contributed by atoms with Crippen molar-refractivity contribution >= 4 is 17.5 Å². The summed E-state index contributed by atoms with van der Waals surface area (Å²) in [6, 6.07) is 0.711. The molecule has 1 amide bonds. The summed E-state index contributed by atoms with van der Waals surface area (Å²) < 4.78 is 19.3. The zero-order chi connectivity index (χ0) is 17.9. The van der Waals surface area contributed by atoms with E-state index >= 15 is 0 Å². The molecule has 132 valence electrons. The molecule has 2 unspecified atom stereocenters. The van der Waals surface area contributed by atoms with Gasteiger partial charge < -0.3 is 15.0 Å². The number of alkyl carbamates (subject to hydrolysis) is 1. The van der Waals surface area contributed by atoms with Crippen molar-refractivity contribution in [1.29, 1.82) is 0 Å². The average molecular weight is 340 g/mol. The maximum Gasteiger partial charge on any atom is 0.408 e. The highest BCUT2D eigenvalue weighted by molar-refractivity contribution is 5.69. The van der Waals surface area contributed by atoms with E-state index in [1.807, 2.05) is 0 Å². The summed E-state index contributed by atoms with van der Waals surface area (Å²) in [5, 5.41) is 13.6. The predicted molar refractivity (Wildman–Crippen MR) is 85.8 cm³/mol. The van der Waals surface area contributed by atoms with Crippen molar-refractivity contribution in [2.24, 2.45) is 0 Å². The van der Waals surface area contributed by atoms with Gasteiger partial charge in [0.15, 0.2) is 0 Å². The van der Waals surface area contributed by atoms with Crippen LogP contribution in [-0.2, 0) is 4.74 Å². The summed E-state index contributed by atoms with van der Waals surface area (Å²) in [4.78, 5) is 27.9. The van der Waals surface area contributed by atoms with Gasteiger partial charge in [0.05, 0.1) is 11.0 Å². The number of aromatic nitrogens is 1. The van der Waals surface area contributed by atoms with Crippen LogP contribution < -0.4 is 10.2 Å². The second-order valence-electron chi connectivity index (χ2n) is 6.62. The van der Waals surface area contributed by atoms with E-state index in [9.17, 15) is 19.3 Å². The summed E-state index contributed by atoms with van der Waals surface area (Å²) in [5.74, 6) is 0. The smallest absolute Gasteiger partial charge is 0.408 e. The minimum absolute atomic E-state index is 0.116. The molecule has 1 N–H and O–H groups in total. The third kappa shape index (κ3) is 4.53. The lowest BCUT2D eigenvalue weighted by molar-refractivity contribution is -0.384. The number of hydrogen-bond acceptors (Lipinski definition) is 6. The number of anilines is 1. The zero-order valence-corrected chi connectivity index (χ0v) is 13.9. The lowest BCUT2D eigenvalue weighted by Crippen LogP contribution is -2.54. The number of nitro groups is 1. The van der Waals surface area contributed by atoms with Crippen LogP contribution in [0.4, 0.5) is 20.6 Å². The van der Waals surface area contributed by atoms with E-state index in [-0.39, 0.29) is 18.7 Å². The number of hydrogen-bond donors (Lipinski definition) is 1. The zero-order valence-electron chi connectivity index (χ0n) is 13.9. The predicted octanol–water partition coefficient (Wildman–Crippen LogP) is 2.43. The fourth-order valence-electron chi connectivity index (χ4n) is 2.52. The normalized spacial score (nSPS) is 21.2. The van der Waals surface area contributed by atoms with Crippen LogP contribution in [0.15, 0.2) is 18.5 Å². The van der Waals surface area contributed by atoms with Crippen molar-refractivity contribution in [1.82, 2.24) is 10.3 Å². The number of rotatable bonds is 3. The van der Waals surface area contributed by atoms with Crippen molar-refractivity contribution in [3.05, 3.63) is 28.6 Å². The molecule has 0 spiro atoms. The minimum atomic E-state index is -1.24. The van der Waals surface area contributed by atoms with Crippen molar-refractivity contribution in [3.63, 3.8) is 0 Å². The molecule has 1 fully saturated rings. The van der Waals surface area contributed by atoms with E-state index in [0.717, 1.165) is 6.20 Å². The van der Waals surface area contributed by atoms with E-state index < -0.39 is 28.8 Å². The summed E-state index contributed by atoms with van der Waals surface area (Å²) in [5.41, 5.74) is -0.475. The number of ether oxygens (including phenoxy) is 1. The molecule has 1 aromatic rings. The first-order valence-electron chi connectivity index (χ1n) is 7.64. The molecule has 1 aliphatic heterocycles. The van der Waals surface area contributed by atoms with Gasteiger partial charge in [0, 0.05) is 19.3 Å². The second-order valence-corrected chi connectivity index (χ2v) is 6.62. The van der Waals surface area contributed by atoms with Gasteiger partial charge in [-0.2, -0.15) is 0 Å². The highest BCUT2D eigenvalue weighted by Gasteiger charge is 2.34. The fraction of sp³-hybridized carbons (Fsp3) is 0.600. The Balaban J connectivity index is 2.11. The van der Waals surface area contributed by atoms with Crippen molar-refractivity contribution in [3.8, 4) is 0 Å². The van der Waals surface area contributed by atoms with Gasteiger partial charge in [0.25, 0.3) is 0 Å². The molecule has 8 nitrogen and oxygen atoms in total. The largest absolute Gasteiger partial charge is 0.444 e. The van der Waals surface area contributed by atoms with E-state index in [1.54, 1.807) is 25.7 Å². The Bertz CT molecular complexity index is 620. The number of amides is 1. The first-order chi connectivity index (χ1) is 11.2. The number of nitrogens with one attached hydrogen (secondary N) is 1. The molecule has 1 aromatic heterocycles. The number of nitrogens with zero attached hydrogens (tertiary/aromatic N) is 3. The van der Waals surface area contributed by atoms with E-state index in [2.05, 4.69) is 10.3 Å². The molecule has 0 radical (unpaired) electrons. The number of piperidine rings is 1. The van der Waals surface area contributed by atoms with Gasteiger partial charge in [-0.3, -0.25) is 15.1 Å². The summed E-state index contributed by atoms with van der Waals surface area (Å²) >= 11 is 0. The molecule has 1 aliphatic rings. The maximum absolute atomic E-state index is 14.1. The van der Waals surface area contributed by atoms with Gasteiger partial charge in [-0.25, -0.2) is 9.18 Å². The van der Waals surface area contributed by atoms with E-state index in [1.165, 1.54) is 12.3 Å². The highest BCUT2D eigenvalue weighted by Crippen LogP contribution is 2.29. The van der Waals surface area contributed by atoms with Gasteiger partial charge in [0.1, 0.15) is 23.7 Å². The Morgan fingerprint density at radius 3 is 2.88 bits per heavy atom. The summed E-state index contributed by atoms with van der Waals surface area (Å²) in [6.45, 7) is 5.58. The number of carbonyl (C=O) groups excluding carboxylic acids is 1. The Morgan fingerprint density at radius 2 is 2.25 bits per heavy atom. The first-order valence-corrected chi connectivity index (χ1v) is 7.64. The standard InChI is InChI=1S/C15H21FN4O4/c1-15(2,3)24-14(21)18-11-9-19(7-5-10(11)16)12-4-6-17-8-13(12)20(22)23/h4,6,8,10-11H,5,7,9H2,1-3H3,(H,18,21). The van der Waals surface area contributed by atoms with Crippen molar-refractivity contribution in [2.75, 3.05) is 18.0 Å². The molecule has 9 heteroatoms. The number of alkyl halides is 1. The number of halogens is 1. The van der Waals surface area contributed by atoms with Gasteiger partial charge in [-0.15, -0.1) is 0 Å². The number of carbonyl (C=O) groups is 1. The van der Waals surface area contributed by atoms with Gasteiger partial charge in [-0.1, -0.05) is 0 Å². The lowest BCUT2D eigenvalue weighted by Gasteiger charge is -2.36. The van der Waals surface area contributed by atoms with Crippen LogP contribution in [0.1, 0.15) is 27.2 Å². The summed E-state index contributed by atoms with van der Waals surface area (Å²) in [6.07, 6.45) is 0.809. The van der Waals surface area contributed by atoms with Crippen LogP contribution in [-0.4, -0.2) is 46.9 Å². The van der Waals surface area contributed by atoms with Crippen molar-refractivity contribution < 1.29 is 18.8 Å². The Hall–Kier alpha value is -2.45. The van der Waals surface area contributed by atoms with E-state index in [0.29, 0.717) is 12.2 Å². The fourth-order valence-corrected chi connectivity index (χ4v) is 2.52. The van der Waals surface area contributed by atoms with Gasteiger partial charge >= 0.3 is 11.8 Å². The van der Waals surface area contributed by atoms with Crippen LogP contribution >= 0.6 is 0 Å². The van der Waals surface area contributed by atoms with Gasteiger partial charge in [-0.05, 0) is 33.3 Å². The topological polar surface area (TPSA) is 97.6 Å². The number of pyridine rings is 1. The quantitative estimate of drug-likeness (QED) is 0.670. The molecule has 1 saturated heterocycles. The molecule has 0 bridgehead atoms. The maximum atomic E-state index is 14.1. The third-order valence-electron chi connectivity index (χ3n) is 3.55. The van der Waals surface area contributed by atoms with Crippen LogP contribution in [0.3, 0.4) is 0 Å². The minimum Gasteiger partial charge on any atom is -0.444 e. The Labute approximate surface area is 139 Å². The molecule has 0 saturated carbocycles. The second kappa shape index (κ2) is 6.98. The molecule has 2 atom stereocenters. The molecular weight excluding hydrogens is 319 g/mol. The monoisotopic (exact) mass is 340 g/mol. The Morgan fingerprint density at radius 1 is 1.54 bits per heavy atom. The Kier molecular flexibility index (Phi) is 5.20. The molecule has 0 aliphatic carbocycles. The molecule has 2 rings (SSSR count). The van der Waals surface area contributed by atoms with E-state index in [4.69, 9.17) is 4.74 Å². The highest BCUT2D eigenvalue weighted by atomic mass is 19.1. The van der Waals surface area contributed by atoms with Crippen molar-refractivity contribution in [2.45, 2.75) is 45.0 Å².